The van der Waals surface area contributed by atoms with Crippen LogP contribution in [-0.4, -0.2) is 82.2 Å². The van der Waals surface area contributed by atoms with Crippen molar-refractivity contribution in [2.45, 2.75) is 38.6 Å². The number of anilines is 1. The third-order valence-electron chi connectivity index (χ3n) is 8.53. The van der Waals surface area contributed by atoms with Crippen LogP contribution in [0.4, 0.5) is 5.82 Å². The minimum atomic E-state index is -0.867. The second-order valence-corrected chi connectivity index (χ2v) is 12.2. The largest absolute Gasteiger partial charge is 0.441 e. The molecule has 13 nitrogen and oxygen atoms in total. The molecule has 1 atom stereocenters. The summed E-state index contributed by atoms with van der Waals surface area (Å²) in [6, 6.07) is 21.4. The number of aryl methyl sites for hydroxylation is 1. The first kappa shape index (κ1) is 33.9. The number of hydrogen-bond acceptors (Lipinski definition) is 8. The van der Waals surface area contributed by atoms with Gasteiger partial charge in [-0.2, -0.15) is 0 Å². The first-order chi connectivity index (χ1) is 24.3. The van der Waals surface area contributed by atoms with Gasteiger partial charge in [-0.25, -0.2) is 9.97 Å². The molecule has 0 unspecified atom stereocenters. The highest BCUT2D eigenvalue weighted by Crippen LogP contribution is 2.22. The molecule has 5 N–H and O–H groups in total. The van der Waals surface area contributed by atoms with E-state index in [1.54, 1.807) is 25.1 Å². The van der Waals surface area contributed by atoms with Gasteiger partial charge in [0, 0.05) is 55.3 Å². The van der Waals surface area contributed by atoms with Gasteiger partial charge in [-0.15, -0.1) is 0 Å². The number of rotatable bonds is 5. The summed E-state index contributed by atoms with van der Waals surface area (Å²) in [6.07, 6.45) is 3.17. The highest BCUT2D eigenvalue weighted by Gasteiger charge is 2.25. The third kappa shape index (κ3) is 8.53. The maximum Gasteiger partial charge on any atom is 0.270 e. The first-order valence-corrected chi connectivity index (χ1v) is 16.7. The second-order valence-electron chi connectivity index (χ2n) is 12.2. The van der Waals surface area contributed by atoms with Crippen LogP contribution in [0.1, 0.15) is 40.3 Å². The highest BCUT2D eigenvalue weighted by atomic mass is 16.4. The molecule has 0 saturated heterocycles. The fraction of sp³-hybridized carbons (Fsp3) is 0.297. The number of benzene rings is 2. The van der Waals surface area contributed by atoms with Crippen LogP contribution in [0.2, 0.25) is 0 Å². The molecule has 0 spiro atoms. The van der Waals surface area contributed by atoms with Gasteiger partial charge < -0.3 is 35.6 Å². The van der Waals surface area contributed by atoms with Gasteiger partial charge >= 0.3 is 0 Å². The zero-order chi connectivity index (χ0) is 34.9. The molecule has 6 rings (SSSR count). The van der Waals surface area contributed by atoms with Crippen molar-refractivity contribution in [3.8, 4) is 11.5 Å². The number of pyridine rings is 1. The lowest BCUT2D eigenvalue weighted by Crippen LogP contribution is -2.48. The van der Waals surface area contributed by atoms with Gasteiger partial charge in [0.05, 0.1) is 18.7 Å². The van der Waals surface area contributed by atoms with Crippen molar-refractivity contribution in [1.82, 2.24) is 35.8 Å². The van der Waals surface area contributed by atoms with Crippen LogP contribution >= 0.6 is 0 Å². The summed E-state index contributed by atoms with van der Waals surface area (Å²) in [5.74, 6) is 0.0331. The number of aromatic nitrogens is 3. The monoisotopic (exact) mass is 676 g/mol. The average Bonchev–Trinajstić information content (AvgIpc) is 3.71. The summed E-state index contributed by atoms with van der Waals surface area (Å²) in [6.45, 7) is 2.86. The van der Waals surface area contributed by atoms with E-state index in [0.29, 0.717) is 55.6 Å². The van der Waals surface area contributed by atoms with Gasteiger partial charge in [-0.1, -0.05) is 42.5 Å². The van der Waals surface area contributed by atoms with Crippen molar-refractivity contribution in [3.63, 3.8) is 0 Å². The zero-order valence-electron chi connectivity index (χ0n) is 27.8. The highest BCUT2D eigenvalue weighted by molar-refractivity contribution is 5.97. The van der Waals surface area contributed by atoms with Gasteiger partial charge in [-0.3, -0.25) is 19.2 Å². The summed E-state index contributed by atoms with van der Waals surface area (Å²) < 4.78 is 5.85. The van der Waals surface area contributed by atoms with Crippen molar-refractivity contribution >= 4 is 40.3 Å². The standard InChI is InChI=1S/C37H40N8O5/c1-24-30(44-37(50-24)25-10-3-2-4-11-25)21-34(47)45-19-8-7-16-40-35(48)31(20-26-22-41-28-13-6-5-12-27(26)28)43-36(49)29-14-9-15-32(42-29)38-17-18-39-33(46)23-45/h2-6,9-15,22,31,41H,7-8,16-21,23H2,1H3,(H,38,42)(H,39,46)(H,40,48)(H,43,49)/t31-/m0/s1. The molecule has 5 aromatic rings. The Labute approximate surface area is 289 Å². The van der Waals surface area contributed by atoms with E-state index in [1.807, 2.05) is 60.8 Å². The van der Waals surface area contributed by atoms with Crippen molar-refractivity contribution < 1.29 is 23.6 Å². The fourth-order valence-corrected chi connectivity index (χ4v) is 5.85. The molecule has 4 amide bonds. The van der Waals surface area contributed by atoms with Gasteiger partial charge in [0.15, 0.2) is 0 Å². The number of oxazole rings is 1. The van der Waals surface area contributed by atoms with E-state index in [2.05, 4.69) is 36.2 Å². The third-order valence-corrected chi connectivity index (χ3v) is 8.53. The zero-order valence-corrected chi connectivity index (χ0v) is 27.8. The van der Waals surface area contributed by atoms with Crippen molar-refractivity contribution in [3.05, 3.63) is 102 Å². The van der Waals surface area contributed by atoms with Crippen molar-refractivity contribution in [2.24, 2.45) is 0 Å². The van der Waals surface area contributed by atoms with Gasteiger partial charge in [0.25, 0.3) is 5.91 Å². The van der Waals surface area contributed by atoms with Crippen LogP contribution in [0, 0.1) is 6.92 Å². The number of carbonyl (C=O) groups excluding carboxylic acids is 4. The van der Waals surface area contributed by atoms with E-state index in [0.717, 1.165) is 22.0 Å². The number of H-pyrrole nitrogens is 1. The van der Waals surface area contributed by atoms with Gasteiger partial charge in [0.1, 0.15) is 23.3 Å². The molecular weight excluding hydrogens is 636 g/mol. The fourth-order valence-electron chi connectivity index (χ4n) is 5.85. The molecule has 2 aromatic carbocycles. The Bertz CT molecular complexity index is 1970. The van der Waals surface area contributed by atoms with Crippen molar-refractivity contribution in [1.29, 1.82) is 0 Å². The van der Waals surface area contributed by atoms with E-state index >= 15 is 0 Å². The quantitative estimate of drug-likeness (QED) is 0.188. The number of fused-ring (bicyclic) bond motifs is 3. The van der Waals surface area contributed by atoms with E-state index in [-0.39, 0.29) is 49.3 Å². The number of aromatic amines is 1. The lowest BCUT2D eigenvalue weighted by molar-refractivity contribution is -0.135. The summed E-state index contributed by atoms with van der Waals surface area (Å²) >= 11 is 0. The summed E-state index contributed by atoms with van der Waals surface area (Å²) in [4.78, 5) is 67.1. The van der Waals surface area contributed by atoms with E-state index < -0.39 is 11.9 Å². The van der Waals surface area contributed by atoms with Crippen LogP contribution in [0.3, 0.4) is 0 Å². The molecule has 3 aromatic heterocycles. The first-order valence-electron chi connectivity index (χ1n) is 16.7. The average molecular weight is 677 g/mol. The maximum absolute atomic E-state index is 13.6. The number of nitrogens with one attached hydrogen (secondary N) is 5. The number of nitrogens with zero attached hydrogens (tertiary/aromatic N) is 3. The van der Waals surface area contributed by atoms with Crippen LogP contribution in [0.25, 0.3) is 22.4 Å². The number of hydrogen-bond donors (Lipinski definition) is 5. The molecule has 0 saturated carbocycles. The van der Waals surface area contributed by atoms with Gasteiger partial charge in [-0.05, 0) is 55.7 Å². The molecule has 1 aliphatic heterocycles. The smallest absolute Gasteiger partial charge is 0.270 e. The summed E-state index contributed by atoms with van der Waals surface area (Å²) in [5, 5.41) is 12.8. The predicted molar refractivity (Wildman–Crippen MR) is 188 cm³/mol. The Morgan fingerprint density at radius 2 is 1.68 bits per heavy atom. The van der Waals surface area contributed by atoms with Gasteiger partial charge in [0.2, 0.25) is 23.6 Å². The SMILES string of the molecule is Cc1oc(-c2ccccc2)nc1CC(=O)N1CCCCNC(=O)[C@H](Cc2c[nH]c3ccccc23)NC(=O)c2cccc(n2)NCCNC(=O)C1. The van der Waals surface area contributed by atoms with E-state index in [4.69, 9.17) is 4.42 Å². The Kier molecular flexibility index (Phi) is 10.8. The maximum atomic E-state index is 13.6. The normalized spacial score (nSPS) is 16.7. The van der Waals surface area contributed by atoms with Crippen LogP contribution in [-0.2, 0) is 27.2 Å². The molecule has 0 aliphatic carbocycles. The van der Waals surface area contributed by atoms with E-state index in [9.17, 15) is 19.2 Å². The summed E-state index contributed by atoms with van der Waals surface area (Å²) in [5.41, 5.74) is 3.31. The minimum Gasteiger partial charge on any atom is -0.441 e. The Hall–Kier alpha value is -5.98. The van der Waals surface area contributed by atoms with Crippen molar-refractivity contribution in [2.75, 3.05) is 38.0 Å². The molecule has 50 heavy (non-hydrogen) atoms. The number of carbonyl (C=O) groups is 4. The van der Waals surface area contributed by atoms with Crippen LogP contribution in [0.15, 0.2) is 83.4 Å². The molecule has 1 aliphatic rings. The summed E-state index contributed by atoms with van der Waals surface area (Å²) in [7, 11) is 0. The lowest BCUT2D eigenvalue weighted by atomic mass is 10.0. The lowest BCUT2D eigenvalue weighted by Gasteiger charge is -2.22. The Morgan fingerprint density at radius 3 is 2.54 bits per heavy atom. The number of para-hydroxylation sites is 1. The predicted octanol–water partition coefficient (Wildman–Crippen LogP) is 3.38. The molecule has 258 valence electrons. The number of amides is 4. The molecular formula is C37H40N8O5. The topological polar surface area (TPSA) is 174 Å². The molecule has 0 fully saturated rings. The van der Waals surface area contributed by atoms with Crippen LogP contribution in [0.5, 0.6) is 0 Å². The molecule has 0 radical (unpaired) electrons. The van der Waals surface area contributed by atoms with E-state index in [1.165, 1.54) is 4.90 Å². The van der Waals surface area contributed by atoms with Crippen LogP contribution < -0.4 is 21.3 Å². The second kappa shape index (κ2) is 15.9. The minimum absolute atomic E-state index is 0.0229. The Balaban J connectivity index is 1.16. The molecule has 4 heterocycles. The molecule has 13 heteroatoms. The molecule has 2 bridgehead atoms. The Morgan fingerprint density at radius 1 is 0.880 bits per heavy atom.